The maximum absolute atomic E-state index is 12.2. The predicted octanol–water partition coefficient (Wildman–Crippen LogP) is 5.71. The number of aromatic nitrogens is 1. The number of anilines is 2. The molecule has 0 saturated carbocycles. The van der Waals surface area contributed by atoms with Gasteiger partial charge in [0.15, 0.2) is 5.13 Å². The molecule has 0 bridgehead atoms. The largest absolute Gasteiger partial charge is 0.376 e. The first-order valence-corrected chi connectivity index (χ1v) is 9.99. The highest BCUT2D eigenvalue weighted by Crippen LogP contribution is 2.29. The van der Waals surface area contributed by atoms with Crippen molar-refractivity contribution in [2.24, 2.45) is 0 Å². The molecule has 4 nitrogen and oxygen atoms in total. The molecule has 0 aliphatic rings. The highest BCUT2D eigenvalue weighted by molar-refractivity contribution is 7.15. The molecule has 0 radical (unpaired) electrons. The molecule has 7 heteroatoms. The van der Waals surface area contributed by atoms with Gasteiger partial charge in [0, 0.05) is 23.2 Å². The molecule has 27 heavy (non-hydrogen) atoms. The standard InChI is InChI=1S/C20H19Cl2N3OS/c1-12-5-3-6-13(2)19(12)23-11-17(26)25-20-24-10-15(27-20)9-14-7-4-8-16(21)18(14)22/h3-8,10,23H,9,11H2,1-2H3,(H,24,25,26). The maximum Gasteiger partial charge on any atom is 0.245 e. The summed E-state index contributed by atoms with van der Waals surface area (Å²) in [5.41, 5.74) is 4.14. The molecule has 2 N–H and O–H groups in total. The number of aryl methyl sites for hydroxylation is 2. The summed E-state index contributed by atoms with van der Waals surface area (Å²) in [6, 6.07) is 11.6. The summed E-state index contributed by atoms with van der Waals surface area (Å²) in [5, 5.41) is 7.67. The lowest BCUT2D eigenvalue weighted by Gasteiger charge is -2.11. The van der Waals surface area contributed by atoms with E-state index in [2.05, 4.69) is 15.6 Å². The third-order valence-corrected chi connectivity index (χ3v) is 5.87. The molecule has 0 aliphatic carbocycles. The summed E-state index contributed by atoms with van der Waals surface area (Å²) in [6.45, 7) is 4.21. The van der Waals surface area contributed by atoms with Crippen molar-refractivity contribution >= 4 is 51.3 Å². The number of hydrogen-bond acceptors (Lipinski definition) is 4. The molecule has 2 aromatic carbocycles. The van der Waals surface area contributed by atoms with Crippen molar-refractivity contribution in [2.45, 2.75) is 20.3 Å². The van der Waals surface area contributed by atoms with E-state index in [-0.39, 0.29) is 12.5 Å². The maximum atomic E-state index is 12.2. The molecule has 140 valence electrons. The number of nitrogens with zero attached hydrogens (tertiary/aromatic N) is 1. The van der Waals surface area contributed by atoms with Crippen LogP contribution in [0.3, 0.4) is 0 Å². The van der Waals surface area contributed by atoms with Gasteiger partial charge in [0.25, 0.3) is 0 Å². The molecular formula is C20H19Cl2N3OS. The Morgan fingerprint density at radius 1 is 1.11 bits per heavy atom. The van der Waals surface area contributed by atoms with Gasteiger partial charge in [-0.2, -0.15) is 0 Å². The van der Waals surface area contributed by atoms with Crippen LogP contribution in [-0.4, -0.2) is 17.4 Å². The highest BCUT2D eigenvalue weighted by Gasteiger charge is 2.11. The predicted molar refractivity (Wildman–Crippen MR) is 114 cm³/mol. The second-order valence-electron chi connectivity index (χ2n) is 6.19. The summed E-state index contributed by atoms with van der Waals surface area (Å²) in [6.07, 6.45) is 2.37. The Bertz CT molecular complexity index is 951. The monoisotopic (exact) mass is 419 g/mol. The number of rotatable bonds is 6. The average molecular weight is 420 g/mol. The van der Waals surface area contributed by atoms with Crippen LogP contribution < -0.4 is 10.6 Å². The quantitative estimate of drug-likeness (QED) is 0.537. The third-order valence-electron chi connectivity index (χ3n) is 4.10. The van der Waals surface area contributed by atoms with E-state index in [0.717, 1.165) is 27.3 Å². The molecule has 0 spiro atoms. The molecule has 1 heterocycles. The Balaban J connectivity index is 1.59. The molecule has 0 aliphatic heterocycles. The molecule has 0 saturated heterocycles. The number of thiazole rings is 1. The van der Waals surface area contributed by atoms with Crippen molar-refractivity contribution in [3.8, 4) is 0 Å². The molecule has 1 aromatic heterocycles. The normalized spacial score (nSPS) is 10.7. The van der Waals surface area contributed by atoms with E-state index in [1.54, 1.807) is 12.3 Å². The van der Waals surface area contributed by atoms with Gasteiger partial charge in [-0.3, -0.25) is 4.79 Å². The molecular weight excluding hydrogens is 401 g/mol. The number of nitrogens with one attached hydrogen (secondary N) is 2. The SMILES string of the molecule is Cc1cccc(C)c1NCC(=O)Nc1ncc(Cc2cccc(Cl)c2Cl)s1. The summed E-state index contributed by atoms with van der Waals surface area (Å²) in [5.74, 6) is -0.139. The lowest BCUT2D eigenvalue weighted by atomic mass is 10.1. The second kappa shape index (κ2) is 8.74. The van der Waals surface area contributed by atoms with Crippen LogP contribution in [0.5, 0.6) is 0 Å². The Hall–Kier alpha value is -2.08. The number of halogens is 2. The Morgan fingerprint density at radius 3 is 2.56 bits per heavy atom. The van der Waals surface area contributed by atoms with Crippen LogP contribution in [0, 0.1) is 13.8 Å². The second-order valence-corrected chi connectivity index (χ2v) is 8.09. The molecule has 0 unspecified atom stereocenters. The van der Waals surface area contributed by atoms with E-state index < -0.39 is 0 Å². The van der Waals surface area contributed by atoms with Gasteiger partial charge < -0.3 is 10.6 Å². The van der Waals surface area contributed by atoms with Crippen molar-refractivity contribution in [1.82, 2.24) is 4.98 Å². The van der Waals surface area contributed by atoms with E-state index in [0.29, 0.717) is 21.6 Å². The minimum Gasteiger partial charge on any atom is -0.376 e. The fourth-order valence-corrected chi connectivity index (χ4v) is 3.98. The van der Waals surface area contributed by atoms with Gasteiger partial charge in [-0.1, -0.05) is 53.5 Å². The van der Waals surface area contributed by atoms with E-state index in [1.165, 1.54) is 11.3 Å². The van der Waals surface area contributed by atoms with Gasteiger partial charge >= 0.3 is 0 Å². The van der Waals surface area contributed by atoms with Crippen LogP contribution >= 0.6 is 34.5 Å². The van der Waals surface area contributed by atoms with E-state index in [1.807, 2.05) is 44.2 Å². The third kappa shape index (κ3) is 5.01. The van der Waals surface area contributed by atoms with Gasteiger partial charge in [0.2, 0.25) is 5.91 Å². The van der Waals surface area contributed by atoms with Crippen molar-refractivity contribution in [1.29, 1.82) is 0 Å². The topological polar surface area (TPSA) is 54.0 Å². The Kier molecular flexibility index (Phi) is 6.37. The first kappa shape index (κ1) is 19.7. The summed E-state index contributed by atoms with van der Waals surface area (Å²) < 4.78 is 0. The number of carbonyl (C=O) groups is 1. The van der Waals surface area contributed by atoms with Crippen LogP contribution in [0.4, 0.5) is 10.8 Å². The van der Waals surface area contributed by atoms with Crippen LogP contribution in [0.1, 0.15) is 21.6 Å². The van der Waals surface area contributed by atoms with Crippen LogP contribution in [0.15, 0.2) is 42.6 Å². The first-order chi connectivity index (χ1) is 12.9. The minimum absolute atomic E-state index is 0.139. The summed E-state index contributed by atoms with van der Waals surface area (Å²) >= 11 is 13.7. The zero-order valence-electron chi connectivity index (χ0n) is 15.0. The fourth-order valence-electron chi connectivity index (χ4n) is 2.75. The van der Waals surface area contributed by atoms with Gasteiger partial charge in [-0.15, -0.1) is 11.3 Å². The number of para-hydroxylation sites is 1. The summed E-state index contributed by atoms with van der Waals surface area (Å²) in [4.78, 5) is 17.5. The zero-order chi connectivity index (χ0) is 19.4. The molecule has 0 fully saturated rings. The number of carbonyl (C=O) groups excluding carboxylic acids is 1. The summed E-state index contributed by atoms with van der Waals surface area (Å²) in [7, 11) is 0. The molecule has 3 aromatic rings. The lowest BCUT2D eigenvalue weighted by Crippen LogP contribution is -2.22. The Labute approximate surface area is 172 Å². The lowest BCUT2D eigenvalue weighted by molar-refractivity contribution is -0.114. The molecule has 3 rings (SSSR count). The minimum atomic E-state index is -0.139. The average Bonchev–Trinajstić information content (AvgIpc) is 3.05. The van der Waals surface area contributed by atoms with Gasteiger partial charge in [0.05, 0.1) is 16.6 Å². The first-order valence-electron chi connectivity index (χ1n) is 8.41. The molecule has 0 atom stereocenters. The van der Waals surface area contributed by atoms with Crippen LogP contribution in [0.25, 0.3) is 0 Å². The number of hydrogen-bond donors (Lipinski definition) is 2. The van der Waals surface area contributed by atoms with Crippen molar-refractivity contribution in [2.75, 3.05) is 17.2 Å². The fraction of sp³-hybridized carbons (Fsp3) is 0.200. The van der Waals surface area contributed by atoms with Crippen LogP contribution in [-0.2, 0) is 11.2 Å². The van der Waals surface area contributed by atoms with Gasteiger partial charge in [-0.25, -0.2) is 4.98 Å². The van der Waals surface area contributed by atoms with Crippen LogP contribution in [0.2, 0.25) is 10.0 Å². The highest BCUT2D eigenvalue weighted by atomic mass is 35.5. The smallest absolute Gasteiger partial charge is 0.245 e. The Morgan fingerprint density at radius 2 is 1.81 bits per heavy atom. The van der Waals surface area contributed by atoms with E-state index >= 15 is 0 Å². The number of benzene rings is 2. The van der Waals surface area contributed by atoms with Crippen molar-refractivity contribution in [3.05, 3.63) is 74.2 Å². The van der Waals surface area contributed by atoms with E-state index in [9.17, 15) is 4.79 Å². The van der Waals surface area contributed by atoms with E-state index in [4.69, 9.17) is 23.2 Å². The van der Waals surface area contributed by atoms with Crippen molar-refractivity contribution in [3.63, 3.8) is 0 Å². The molecule has 1 amide bonds. The number of amides is 1. The van der Waals surface area contributed by atoms with Gasteiger partial charge in [0.1, 0.15) is 0 Å². The zero-order valence-corrected chi connectivity index (χ0v) is 17.3. The van der Waals surface area contributed by atoms with Gasteiger partial charge in [-0.05, 0) is 36.6 Å². The van der Waals surface area contributed by atoms with Crippen molar-refractivity contribution < 1.29 is 4.79 Å².